The molecule has 1 aromatic heterocycles. The van der Waals surface area contributed by atoms with Crippen molar-refractivity contribution in [3.05, 3.63) is 46.1 Å². The van der Waals surface area contributed by atoms with Gasteiger partial charge in [-0.3, -0.25) is 0 Å². The zero-order valence-corrected chi connectivity index (χ0v) is 13.8. The van der Waals surface area contributed by atoms with Gasteiger partial charge in [-0.05, 0) is 25.1 Å². The van der Waals surface area contributed by atoms with Crippen LogP contribution in [0, 0.1) is 5.92 Å². The van der Waals surface area contributed by atoms with Crippen LogP contribution in [0.25, 0.3) is 0 Å². The molecule has 1 fully saturated rings. The summed E-state index contributed by atoms with van der Waals surface area (Å²) in [6.07, 6.45) is 4.64. The molecule has 7 heteroatoms. The number of hydrogen-bond donors (Lipinski definition) is 1. The number of aromatic nitrogens is 1. The van der Waals surface area contributed by atoms with Gasteiger partial charge in [-0.15, -0.1) is 0 Å². The topological polar surface area (TPSA) is 64.4 Å². The molecule has 1 saturated heterocycles. The van der Waals surface area contributed by atoms with Crippen molar-refractivity contribution in [1.29, 1.82) is 0 Å². The highest BCUT2D eigenvalue weighted by molar-refractivity contribution is 6.42. The summed E-state index contributed by atoms with van der Waals surface area (Å²) in [5, 5.41) is 4.04. The Morgan fingerprint density at radius 1 is 1.48 bits per heavy atom. The Bertz CT molecular complexity index is 670. The molecule has 0 bridgehead atoms. The van der Waals surface area contributed by atoms with Crippen molar-refractivity contribution >= 4 is 29.5 Å². The molecule has 1 N–H and O–H groups in total. The molecule has 3 rings (SSSR count). The highest BCUT2D eigenvalue weighted by Crippen LogP contribution is 2.37. The lowest BCUT2D eigenvalue weighted by Gasteiger charge is -2.23. The molecular formula is C16H16Cl2N2O3. The maximum atomic E-state index is 11.0. The predicted molar refractivity (Wildman–Crippen MR) is 87.1 cm³/mol. The fraction of sp³-hybridized carbons (Fsp3) is 0.375. The first-order valence-electron chi connectivity index (χ1n) is 7.38. The minimum Gasteiger partial charge on any atom is -0.480 e. The molecule has 2 atom stereocenters. The van der Waals surface area contributed by atoms with Gasteiger partial charge in [0.05, 0.1) is 16.2 Å². The van der Waals surface area contributed by atoms with Gasteiger partial charge in [0.25, 0.3) is 0 Å². The molecule has 2 heterocycles. The van der Waals surface area contributed by atoms with Crippen molar-refractivity contribution in [2.24, 2.45) is 5.92 Å². The van der Waals surface area contributed by atoms with E-state index in [4.69, 9.17) is 32.4 Å². The van der Waals surface area contributed by atoms with E-state index in [0.717, 1.165) is 25.8 Å². The smallest absolute Gasteiger partial charge is 0.235 e. The summed E-state index contributed by atoms with van der Waals surface area (Å²) in [7, 11) is 0. The molecule has 1 aliphatic rings. The Morgan fingerprint density at radius 2 is 2.35 bits per heavy atom. The van der Waals surface area contributed by atoms with Gasteiger partial charge in [-0.2, -0.15) is 0 Å². The molecule has 1 aromatic carbocycles. The number of carbonyl (C=O) groups is 1. The van der Waals surface area contributed by atoms with Crippen LogP contribution in [0.3, 0.4) is 0 Å². The fourth-order valence-corrected chi connectivity index (χ4v) is 3.16. The Morgan fingerprint density at radius 3 is 3.00 bits per heavy atom. The Balaban J connectivity index is 1.93. The molecule has 122 valence electrons. The van der Waals surface area contributed by atoms with E-state index in [1.165, 1.54) is 6.26 Å². The quantitative estimate of drug-likeness (QED) is 0.804. The van der Waals surface area contributed by atoms with Crippen LogP contribution < -0.4 is 10.1 Å². The second-order valence-electron chi connectivity index (χ2n) is 5.37. The third-order valence-electron chi connectivity index (χ3n) is 3.92. The van der Waals surface area contributed by atoms with Crippen LogP contribution >= 0.6 is 23.2 Å². The third-order valence-corrected chi connectivity index (χ3v) is 4.76. The van der Waals surface area contributed by atoms with Crippen LogP contribution in [0.5, 0.6) is 5.75 Å². The lowest BCUT2D eigenvalue weighted by atomic mass is 10.0. The minimum absolute atomic E-state index is 0.135. The average molecular weight is 355 g/mol. The maximum Gasteiger partial charge on any atom is 0.235 e. The number of ether oxygens (including phenoxy) is 1. The van der Waals surface area contributed by atoms with E-state index >= 15 is 0 Å². The fourth-order valence-electron chi connectivity index (χ4n) is 2.75. The van der Waals surface area contributed by atoms with Gasteiger partial charge in [0, 0.05) is 24.4 Å². The number of aldehydes is 1. The van der Waals surface area contributed by atoms with Gasteiger partial charge in [0.15, 0.2) is 6.10 Å². The SMILES string of the molecule is O=CCc1c(O[C@@H](c2ncco2)[C@H]2CCNC2)ccc(Cl)c1Cl. The Labute approximate surface area is 143 Å². The molecule has 0 spiro atoms. The zero-order chi connectivity index (χ0) is 16.2. The first-order valence-corrected chi connectivity index (χ1v) is 8.13. The van der Waals surface area contributed by atoms with Crippen LogP contribution in [0.4, 0.5) is 0 Å². The summed E-state index contributed by atoms with van der Waals surface area (Å²) in [5.41, 5.74) is 0.580. The van der Waals surface area contributed by atoms with E-state index in [-0.39, 0.29) is 18.4 Å². The van der Waals surface area contributed by atoms with Crippen molar-refractivity contribution in [2.75, 3.05) is 13.1 Å². The average Bonchev–Trinajstić information content (AvgIpc) is 3.24. The lowest BCUT2D eigenvalue weighted by Crippen LogP contribution is -2.22. The highest BCUT2D eigenvalue weighted by Gasteiger charge is 2.32. The third kappa shape index (κ3) is 3.52. The first kappa shape index (κ1) is 16.3. The number of nitrogens with zero attached hydrogens (tertiary/aromatic N) is 1. The van der Waals surface area contributed by atoms with Crippen LogP contribution in [0.2, 0.25) is 10.0 Å². The summed E-state index contributed by atoms with van der Waals surface area (Å²) >= 11 is 12.3. The van der Waals surface area contributed by atoms with Crippen LogP contribution in [0.15, 0.2) is 29.0 Å². The van der Waals surface area contributed by atoms with Gasteiger partial charge in [0.1, 0.15) is 18.3 Å². The largest absolute Gasteiger partial charge is 0.480 e. The minimum atomic E-state index is -0.345. The number of nitrogens with one attached hydrogen (secondary N) is 1. The van der Waals surface area contributed by atoms with Gasteiger partial charge in [-0.1, -0.05) is 23.2 Å². The number of oxazole rings is 1. The van der Waals surface area contributed by atoms with E-state index in [0.29, 0.717) is 27.2 Å². The number of hydrogen-bond acceptors (Lipinski definition) is 5. The first-order chi connectivity index (χ1) is 11.2. The molecule has 0 radical (unpaired) electrons. The standard InChI is InChI=1S/C16H16Cl2N2O3/c17-12-1-2-13(11(4-7-21)14(12)18)23-15(10-3-5-19-9-10)16-20-6-8-22-16/h1-2,6-8,10,15,19H,3-5,9H2/t10-,15+/m0/s1. The molecule has 23 heavy (non-hydrogen) atoms. The van der Waals surface area contributed by atoms with Crippen molar-refractivity contribution in [2.45, 2.75) is 18.9 Å². The van der Waals surface area contributed by atoms with E-state index in [9.17, 15) is 4.79 Å². The second kappa shape index (κ2) is 7.34. The molecular weight excluding hydrogens is 339 g/mol. The lowest BCUT2D eigenvalue weighted by molar-refractivity contribution is -0.107. The summed E-state index contributed by atoms with van der Waals surface area (Å²) in [5.74, 6) is 1.27. The zero-order valence-electron chi connectivity index (χ0n) is 12.3. The van der Waals surface area contributed by atoms with Crippen molar-refractivity contribution < 1.29 is 13.9 Å². The summed E-state index contributed by atoms with van der Waals surface area (Å²) < 4.78 is 11.6. The van der Waals surface area contributed by atoms with Gasteiger partial charge < -0.3 is 19.3 Å². The molecule has 2 aromatic rings. The van der Waals surface area contributed by atoms with E-state index < -0.39 is 0 Å². The van der Waals surface area contributed by atoms with Crippen LogP contribution in [-0.4, -0.2) is 24.4 Å². The monoisotopic (exact) mass is 354 g/mol. The maximum absolute atomic E-state index is 11.0. The van der Waals surface area contributed by atoms with Crippen molar-refractivity contribution in [3.8, 4) is 5.75 Å². The van der Waals surface area contributed by atoms with Gasteiger partial charge >= 0.3 is 0 Å². The molecule has 0 aliphatic carbocycles. The summed E-state index contributed by atoms with van der Waals surface area (Å²) in [4.78, 5) is 15.2. The Hall–Kier alpha value is -1.56. The van der Waals surface area contributed by atoms with Crippen LogP contribution in [-0.2, 0) is 11.2 Å². The van der Waals surface area contributed by atoms with E-state index in [1.54, 1.807) is 18.3 Å². The summed E-state index contributed by atoms with van der Waals surface area (Å²) in [6, 6.07) is 3.39. The molecule has 0 amide bonds. The van der Waals surface area contributed by atoms with Crippen LogP contribution in [0.1, 0.15) is 24.0 Å². The van der Waals surface area contributed by atoms with Gasteiger partial charge in [-0.25, -0.2) is 4.98 Å². The van der Waals surface area contributed by atoms with Crippen molar-refractivity contribution in [1.82, 2.24) is 10.3 Å². The number of halogens is 2. The molecule has 0 unspecified atom stereocenters. The summed E-state index contributed by atoms with van der Waals surface area (Å²) in [6.45, 7) is 1.74. The number of benzene rings is 1. The number of carbonyl (C=O) groups excluding carboxylic acids is 1. The molecule has 5 nitrogen and oxygen atoms in total. The predicted octanol–water partition coefficient (Wildman–Crippen LogP) is 3.45. The normalized spacial score (nSPS) is 18.8. The number of rotatable bonds is 6. The van der Waals surface area contributed by atoms with E-state index in [1.807, 2.05) is 0 Å². The van der Waals surface area contributed by atoms with E-state index in [2.05, 4.69) is 10.3 Å². The highest BCUT2D eigenvalue weighted by atomic mass is 35.5. The Kier molecular flexibility index (Phi) is 5.20. The van der Waals surface area contributed by atoms with Crippen molar-refractivity contribution in [3.63, 3.8) is 0 Å². The second-order valence-corrected chi connectivity index (χ2v) is 6.16. The molecule has 1 aliphatic heterocycles. The molecule has 0 saturated carbocycles. The van der Waals surface area contributed by atoms with Gasteiger partial charge in [0.2, 0.25) is 5.89 Å².